The van der Waals surface area contributed by atoms with Gasteiger partial charge < -0.3 is 10.2 Å². The lowest BCUT2D eigenvalue weighted by Gasteiger charge is -1.99. The number of benzene rings is 2. The van der Waals surface area contributed by atoms with Crippen molar-refractivity contribution in [3.8, 4) is 11.5 Å². The van der Waals surface area contributed by atoms with E-state index in [1.165, 1.54) is 23.5 Å². The van der Waals surface area contributed by atoms with Crippen molar-refractivity contribution in [3.05, 3.63) is 53.0 Å². The van der Waals surface area contributed by atoms with Crippen LogP contribution in [0.2, 0.25) is 0 Å². The number of rotatable bonds is 2. The van der Waals surface area contributed by atoms with Gasteiger partial charge in [-0.15, -0.1) is 11.3 Å². The molecule has 0 atom stereocenters. The van der Waals surface area contributed by atoms with E-state index in [4.69, 9.17) is 0 Å². The Kier molecular flexibility index (Phi) is 2.68. The van der Waals surface area contributed by atoms with Crippen molar-refractivity contribution in [2.45, 2.75) is 0 Å². The summed E-state index contributed by atoms with van der Waals surface area (Å²) in [6.45, 7) is 0. The Hall–Kier alpha value is -2.40. The highest BCUT2D eigenvalue weighted by molar-refractivity contribution is 7.20. The molecule has 1 heterocycles. The number of hydrogen-bond acceptors (Lipinski definition) is 5. The minimum absolute atomic E-state index is 0.0606. The van der Waals surface area contributed by atoms with E-state index in [1.54, 1.807) is 30.3 Å². The zero-order valence-electron chi connectivity index (χ0n) is 9.70. The molecule has 0 saturated heterocycles. The molecule has 0 bridgehead atoms. The fourth-order valence-corrected chi connectivity index (χ4v) is 2.74. The van der Waals surface area contributed by atoms with Gasteiger partial charge in [0, 0.05) is 0 Å². The minimum Gasteiger partial charge on any atom is -0.508 e. The summed E-state index contributed by atoms with van der Waals surface area (Å²) < 4.78 is 0.735. The van der Waals surface area contributed by atoms with Crippen molar-refractivity contribution in [1.82, 2.24) is 4.98 Å². The molecule has 5 heteroatoms. The molecule has 94 valence electrons. The van der Waals surface area contributed by atoms with Crippen LogP contribution in [0.15, 0.2) is 42.5 Å². The van der Waals surface area contributed by atoms with Gasteiger partial charge in [0.2, 0.25) is 5.78 Å². The van der Waals surface area contributed by atoms with Crippen molar-refractivity contribution >= 4 is 27.3 Å². The topological polar surface area (TPSA) is 70.4 Å². The quantitative estimate of drug-likeness (QED) is 0.703. The molecule has 0 fully saturated rings. The first-order valence-electron chi connectivity index (χ1n) is 5.57. The van der Waals surface area contributed by atoms with Crippen LogP contribution in [0.5, 0.6) is 11.5 Å². The molecule has 0 aliphatic heterocycles. The van der Waals surface area contributed by atoms with Gasteiger partial charge in [-0.3, -0.25) is 4.79 Å². The number of thiazole rings is 1. The molecule has 3 aromatic rings. The van der Waals surface area contributed by atoms with Gasteiger partial charge in [-0.25, -0.2) is 4.98 Å². The second kappa shape index (κ2) is 4.37. The highest BCUT2D eigenvalue weighted by atomic mass is 32.1. The van der Waals surface area contributed by atoms with Crippen LogP contribution in [-0.4, -0.2) is 21.0 Å². The Morgan fingerprint density at radius 1 is 1.11 bits per heavy atom. The number of para-hydroxylation sites is 1. The van der Waals surface area contributed by atoms with Gasteiger partial charge in [-0.2, -0.15) is 0 Å². The second-order valence-electron chi connectivity index (χ2n) is 4.02. The second-order valence-corrected chi connectivity index (χ2v) is 5.05. The van der Waals surface area contributed by atoms with E-state index in [0.717, 1.165) is 4.70 Å². The summed E-state index contributed by atoms with van der Waals surface area (Å²) in [6, 6.07) is 11.1. The van der Waals surface area contributed by atoms with Crippen LogP contribution in [0.3, 0.4) is 0 Å². The van der Waals surface area contributed by atoms with Crippen molar-refractivity contribution in [3.63, 3.8) is 0 Å². The van der Waals surface area contributed by atoms with Crippen LogP contribution in [0, 0.1) is 0 Å². The number of aromatic nitrogens is 1. The summed E-state index contributed by atoms with van der Waals surface area (Å²) in [5.41, 5.74) is 0.882. The number of aromatic hydroxyl groups is 2. The average Bonchev–Trinajstić information content (AvgIpc) is 2.81. The van der Waals surface area contributed by atoms with Gasteiger partial charge in [0.05, 0.1) is 15.8 Å². The monoisotopic (exact) mass is 271 g/mol. The van der Waals surface area contributed by atoms with Crippen LogP contribution in [-0.2, 0) is 0 Å². The van der Waals surface area contributed by atoms with Crippen LogP contribution in [0.25, 0.3) is 10.2 Å². The molecule has 4 nitrogen and oxygen atoms in total. The van der Waals surface area contributed by atoms with Gasteiger partial charge in [-0.1, -0.05) is 12.1 Å². The van der Waals surface area contributed by atoms with Gasteiger partial charge >= 0.3 is 0 Å². The van der Waals surface area contributed by atoms with E-state index in [-0.39, 0.29) is 22.8 Å². The Balaban J connectivity index is 2.09. The molecule has 19 heavy (non-hydrogen) atoms. The molecule has 2 N–H and O–H groups in total. The maximum atomic E-state index is 12.2. The summed E-state index contributed by atoms with van der Waals surface area (Å²) in [5.74, 6) is -0.244. The number of hydrogen-bond donors (Lipinski definition) is 2. The maximum absolute atomic E-state index is 12.2. The van der Waals surface area contributed by atoms with Gasteiger partial charge in [0.1, 0.15) is 11.5 Å². The summed E-state index contributed by atoms with van der Waals surface area (Å²) in [5, 5.41) is 19.4. The lowest BCUT2D eigenvalue weighted by molar-refractivity contribution is 0.103. The molecular formula is C14H9NO3S. The average molecular weight is 271 g/mol. The predicted molar refractivity (Wildman–Crippen MR) is 72.8 cm³/mol. The smallest absolute Gasteiger partial charge is 0.225 e. The number of nitrogens with zero attached hydrogens (tertiary/aromatic N) is 1. The van der Waals surface area contributed by atoms with E-state index >= 15 is 0 Å². The van der Waals surface area contributed by atoms with Crippen molar-refractivity contribution in [1.29, 1.82) is 0 Å². The lowest BCUT2D eigenvalue weighted by Crippen LogP contribution is -2.00. The highest BCUT2D eigenvalue weighted by Crippen LogP contribution is 2.28. The first-order valence-corrected chi connectivity index (χ1v) is 6.39. The molecule has 1 aromatic heterocycles. The fraction of sp³-hybridized carbons (Fsp3) is 0. The number of fused-ring (bicyclic) bond motifs is 1. The van der Waals surface area contributed by atoms with Gasteiger partial charge in [0.15, 0.2) is 5.01 Å². The molecule has 3 rings (SSSR count). The molecule has 0 radical (unpaired) electrons. The number of carbonyl (C=O) groups excluding carboxylic acids is 1. The van der Waals surface area contributed by atoms with Gasteiger partial charge in [0.25, 0.3) is 0 Å². The zero-order chi connectivity index (χ0) is 13.4. The summed E-state index contributed by atoms with van der Waals surface area (Å²) in [7, 11) is 0. The highest BCUT2D eigenvalue weighted by Gasteiger charge is 2.17. The van der Waals surface area contributed by atoms with Gasteiger partial charge in [-0.05, 0) is 30.3 Å². The molecule has 0 spiro atoms. The zero-order valence-corrected chi connectivity index (χ0v) is 10.5. The first-order chi connectivity index (χ1) is 9.15. The van der Waals surface area contributed by atoms with Crippen LogP contribution < -0.4 is 0 Å². The number of ketones is 1. The predicted octanol–water partition coefficient (Wildman–Crippen LogP) is 2.94. The third-order valence-corrected chi connectivity index (χ3v) is 3.73. The van der Waals surface area contributed by atoms with E-state index in [9.17, 15) is 15.0 Å². The fourth-order valence-electron chi connectivity index (χ4n) is 1.79. The van der Waals surface area contributed by atoms with E-state index < -0.39 is 0 Å². The SMILES string of the molecule is O=C(c1nc2ccc(O)cc2s1)c1ccccc1O. The molecule has 0 unspecified atom stereocenters. The Labute approximate surface area is 112 Å². The van der Waals surface area contributed by atoms with Crippen molar-refractivity contribution < 1.29 is 15.0 Å². The Bertz CT molecular complexity index is 779. The Morgan fingerprint density at radius 3 is 2.68 bits per heavy atom. The first kappa shape index (κ1) is 11.7. The van der Waals surface area contributed by atoms with Crippen LogP contribution in [0.4, 0.5) is 0 Å². The normalized spacial score (nSPS) is 10.7. The standard InChI is InChI=1S/C14H9NO3S/c16-8-5-6-10-12(7-8)19-14(15-10)13(18)9-3-1-2-4-11(9)17/h1-7,16-17H. The van der Waals surface area contributed by atoms with E-state index in [2.05, 4.69) is 4.98 Å². The molecule has 0 aliphatic rings. The van der Waals surface area contributed by atoms with Crippen LogP contribution in [0.1, 0.15) is 15.4 Å². The molecule has 2 aromatic carbocycles. The third kappa shape index (κ3) is 2.04. The molecule has 0 saturated carbocycles. The number of phenolic OH excluding ortho intramolecular Hbond substituents is 2. The maximum Gasteiger partial charge on any atom is 0.225 e. The summed E-state index contributed by atoms with van der Waals surface area (Å²) >= 11 is 1.19. The third-order valence-electron chi connectivity index (χ3n) is 2.71. The van der Waals surface area contributed by atoms with E-state index in [0.29, 0.717) is 10.5 Å². The Morgan fingerprint density at radius 2 is 1.89 bits per heavy atom. The molecular weight excluding hydrogens is 262 g/mol. The minimum atomic E-state index is -0.321. The molecule has 0 amide bonds. The number of phenols is 2. The summed E-state index contributed by atoms with van der Waals surface area (Å²) in [4.78, 5) is 16.5. The van der Waals surface area contributed by atoms with Crippen molar-refractivity contribution in [2.75, 3.05) is 0 Å². The lowest BCUT2D eigenvalue weighted by atomic mass is 10.1. The number of carbonyl (C=O) groups is 1. The van der Waals surface area contributed by atoms with E-state index in [1.807, 2.05) is 0 Å². The summed E-state index contributed by atoms with van der Waals surface area (Å²) in [6.07, 6.45) is 0. The molecule has 0 aliphatic carbocycles. The van der Waals surface area contributed by atoms with Crippen LogP contribution >= 0.6 is 11.3 Å². The van der Waals surface area contributed by atoms with Crippen molar-refractivity contribution in [2.24, 2.45) is 0 Å². The largest absolute Gasteiger partial charge is 0.508 e.